The lowest BCUT2D eigenvalue weighted by molar-refractivity contribution is -0.126. The number of nitriles is 1. The maximum absolute atomic E-state index is 12.9. The van der Waals surface area contributed by atoms with Crippen molar-refractivity contribution in [2.45, 2.75) is 32.1 Å². The fraction of sp³-hybridized carbons (Fsp3) is 0.435. The van der Waals surface area contributed by atoms with Crippen LogP contribution in [0.4, 0.5) is 0 Å². The van der Waals surface area contributed by atoms with E-state index in [-0.39, 0.29) is 23.5 Å². The van der Waals surface area contributed by atoms with Crippen LogP contribution in [0.1, 0.15) is 37.7 Å². The Kier molecular flexibility index (Phi) is 8.79. The quantitative estimate of drug-likeness (QED) is 0.307. The maximum Gasteiger partial charge on any atom is 0.267 e. The lowest BCUT2D eigenvalue weighted by atomic mass is 9.92. The molecule has 1 heterocycles. The zero-order valence-electron chi connectivity index (χ0n) is 17.1. The van der Waals surface area contributed by atoms with E-state index in [1.807, 2.05) is 43.5 Å². The number of rotatable bonds is 8. The van der Waals surface area contributed by atoms with Crippen LogP contribution in [0.15, 0.2) is 47.9 Å². The highest BCUT2D eigenvalue weighted by atomic mass is 16.5. The molecular formula is C23H28N4O2. The molecule has 1 unspecified atom stereocenters. The van der Waals surface area contributed by atoms with Crippen LogP contribution in [-0.4, -0.2) is 43.3 Å². The van der Waals surface area contributed by atoms with Crippen molar-refractivity contribution in [3.8, 4) is 11.9 Å². The van der Waals surface area contributed by atoms with Crippen LogP contribution < -0.4 is 10.1 Å². The number of nitrogens with zero attached hydrogens (tertiary/aromatic N) is 2. The Balaban J connectivity index is 2.10. The average molecular weight is 393 g/mol. The van der Waals surface area contributed by atoms with Crippen molar-refractivity contribution in [1.29, 1.82) is 10.7 Å². The number of carbonyl (C=O) groups excluding carboxylic acids is 1. The van der Waals surface area contributed by atoms with Crippen molar-refractivity contribution < 1.29 is 9.53 Å². The predicted octanol–water partition coefficient (Wildman–Crippen LogP) is 3.38. The van der Waals surface area contributed by atoms with E-state index in [2.05, 4.69) is 16.8 Å². The Labute approximate surface area is 172 Å². The zero-order valence-corrected chi connectivity index (χ0v) is 17.1. The number of allylic oxidation sites excluding steroid dienone is 2. The highest BCUT2D eigenvalue weighted by Crippen LogP contribution is 2.25. The monoisotopic (exact) mass is 392 g/mol. The number of methoxy groups -OCH3 is 1. The number of hydrogen-bond acceptors (Lipinski definition) is 5. The molecule has 1 aliphatic rings. The number of carbonyl (C=O) groups is 1. The van der Waals surface area contributed by atoms with Gasteiger partial charge in [-0.15, -0.1) is 0 Å². The predicted molar refractivity (Wildman–Crippen MR) is 113 cm³/mol. The first-order chi connectivity index (χ1) is 14.1. The summed E-state index contributed by atoms with van der Waals surface area (Å²) in [6.07, 6.45) is 7.71. The van der Waals surface area contributed by atoms with E-state index in [0.717, 1.165) is 24.2 Å². The molecule has 1 aromatic rings. The van der Waals surface area contributed by atoms with Crippen LogP contribution in [0.3, 0.4) is 0 Å². The number of nitrogens with one attached hydrogen (secondary N) is 2. The van der Waals surface area contributed by atoms with Gasteiger partial charge < -0.3 is 15.0 Å². The molecule has 2 rings (SSSR count). The molecule has 0 saturated carbocycles. The Morgan fingerprint density at radius 1 is 1.41 bits per heavy atom. The van der Waals surface area contributed by atoms with Crippen molar-refractivity contribution in [3.63, 3.8) is 0 Å². The van der Waals surface area contributed by atoms with E-state index < -0.39 is 0 Å². The third-order valence-electron chi connectivity index (χ3n) is 5.01. The fourth-order valence-electron chi connectivity index (χ4n) is 3.46. The van der Waals surface area contributed by atoms with Gasteiger partial charge in [0.1, 0.15) is 5.75 Å². The molecule has 1 fully saturated rings. The summed E-state index contributed by atoms with van der Waals surface area (Å²) in [6.45, 7) is 3.67. The van der Waals surface area contributed by atoms with Gasteiger partial charge in [0.2, 0.25) is 0 Å². The number of hydrogen-bond donors (Lipinski definition) is 2. The summed E-state index contributed by atoms with van der Waals surface area (Å²) < 4.78 is 5.21. The standard InChI is InChI=1S/C23H28N4O2/c1-3-4-5-8-20(19-9-11-21(29-2)12-10-19)14-22(25)23(28)27-13-6-7-18(16-27)15-26-17-24/h3,8-12,18,20,25-26H,6-7,13-16H2,1-2H3/t18-,20?/m1/s1. The molecule has 2 atom stereocenters. The minimum Gasteiger partial charge on any atom is -0.497 e. The van der Waals surface area contributed by atoms with Gasteiger partial charge in [-0.2, -0.15) is 5.26 Å². The molecule has 1 saturated heterocycles. The van der Waals surface area contributed by atoms with Gasteiger partial charge in [0.15, 0.2) is 6.19 Å². The molecule has 0 aromatic heterocycles. The minimum absolute atomic E-state index is 0.0817. The summed E-state index contributed by atoms with van der Waals surface area (Å²) in [5, 5.41) is 19.8. The molecule has 0 radical (unpaired) electrons. The summed E-state index contributed by atoms with van der Waals surface area (Å²) >= 11 is 0. The SMILES string of the molecule is CC=C=C=CC(CC(=N)C(=O)N1CCC[C@H](CNC#N)C1)c1ccc(OC)cc1. The average Bonchev–Trinajstić information content (AvgIpc) is 2.76. The molecule has 6 nitrogen and oxygen atoms in total. The van der Waals surface area contributed by atoms with Crippen LogP contribution in [-0.2, 0) is 4.79 Å². The van der Waals surface area contributed by atoms with Crippen LogP contribution in [0.5, 0.6) is 5.75 Å². The number of amides is 1. The van der Waals surface area contributed by atoms with Crippen molar-refractivity contribution in [2.24, 2.45) is 5.92 Å². The summed E-state index contributed by atoms with van der Waals surface area (Å²) in [6, 6.07) is 7.63. The van der Waals surface area contributed by atoms with E-state index >= 15 is 0 Å². The molecule has 0 aliphatic carbocycles. The number of benzene rings is 1. The first kappa shape index (κ1) is 22.0. The van der Waals surface area contributed by atoms with E-state index in [1.165, 1.54) is 0 Å². The van der Waals surface area contributed by atoms with Gasteiger partial charge in [-0.1, -0.05) is 23.6 Å². The molecule has 29 heavy (non-hydrogen) atoms. The van der Waals surface area contributed by atoms with Crippen LogP contribution in [0.25, 0.3) is 0 Å². The fourth-order valence-corrected chi connectivity index (χ4v) is 3.46. The Morgan fingerprint density at radius 2 is 2.17 bits per heavy atom. The van der Waals surface area contributed by atoms with E-state index in [4.69, 9.17) is 15.4 Å². The summed E-state index contributed by atoms with van der Waals surface area (Å²) in [4.78, 5) is 14.6. The highest BCUT2D eigenvalue weighted by molar-refractivity contribution is 6.37. The molecule has 152 valence electrons. The van der Waals surface area contributed by atoms with Crippen LogP contribution >= 0.6 is 0 Å². The second-order valence-electron chi connectivity index (χ2n) is 7.06. The lowest BCUT2D eigenvalue weighted by Gasteiger charge is -2.32. The third kappa shape index (κ3) is 6.69. The Morgan fingerprint density at radius 3 is 2.83 bits per heavy atom. The minimum atomic E-state index is -0.228. The van der Waals surface area contributed by atoms with Crippen molar-refractivity contribution in [2.75, 3.05) is 26.7 Å². The van der Waals surface area contributed by atoms with Crippen molar-refractivity contribution >= 4 is 11.6 Å². The van der Waals surface area contributed by atoms with Crippen molar-refractivity contribution in [3.05, 3.63) is 53.4 Å². The summed E-state index contributed by atoms with van der Waals surface area (Å²) in [5.74, 6) is 0.631. The zero-order chi connectivity index (χ0) is 21.1. The molecule has 1 amide bonds. The van der Waals surface area contributed by atoms with Crippen LogP contribution in [0.2, 0.25) is 0 Å². The number of likely N-dealkylation sites (tertiary alicyclic amines) is 1. The lowest BCUT2D eigenvalue weighted by Crippen LogP contribution is -2.45. The second-order valence-corrected chi connectivity index (χ2v) is 7.06. The van der Waals surface area contributed by atoms with Gasteiger partial charge in [0, 0.05) is 32.0 Å². The van der Waals surface area contributed by atoms with E-state index in [0.29, 0.717) is 26.1 Å². The third-order valence-corrected chi connectivity index (χ3v) is 5.01. The molecule has 2 N–H and O–H groups in total. The first-order valence-corrected chi connectivity index (χ1v) is 9.83. The molecule has 6 heteroatoms. The number of ether oxygens (including phenoxy) is 1. The van der Waals surface area contributed by atoms with Gasteiger partial charge in [-0.05, 0) is 55.5 Å². The topological polar surface area (TPSA) is 89.2 Å². The van der Waals surface area contributed by atoms with E-state index in [1.54, 1.807) is 18.1 Å². The molecule has 0 bridgehead atoms. The molecular weight excluding hydrogens is 364 g/mol. The Bertz CT molecular complexity index is 841. The largest absolute Gasteiger partial charge is 0.497 e. The van der Waals surface area contributed by atoms with Gasteiger partial charge >= 0.3 is 0 Å². The highest BCUT2D eigenvalue weighted by Gasteiger charge is 2.27. The molecule has 1 aromatic carbocycles. The van der Waals surface area contributed by atoms with Gasteiger partial charge in [0.25, 0.3) is 5.91 Å². The van der Waals surface area contributed by atoms with Gasteiger partial charge in [-0.3, -0.25) is 10.2 Å². The molecule has 0 spiro atoms. The van der Waals surface area contributed by atoms with Crippen LogP contribution in [0, 0.1) is 22.8 Å². The second kappa shape index (κ2) is 11.6. The van der Waals surface area contributed by atoms with Gasteiger partial charge in [-0.25, -0.2) is 0 Å². The number of piperidine rings is 1. The van der Waals surface area contributed by atoms with Gasteiger partial charge in [0.05, 0.1) is 12.8 Å². The summed E-state index contributed by atoms with van der Waals surface area (Å²) in [7, 11) is 1.62. The maximum atomic E-state index is 12.9. The smallest absolute Gasteiger partial charge is 0.267 e. The Hall–Kier alpha value is -3.25. The normalized spacial score (nSPS) is 16.4. The first-order valence-electron chi connectivity index (χ1n) is 9.83. The molecule has 1 aliphatic heterocycles. The van der Waals surface area contributed by atoms with E-state index in [9.17, 15) is 4.79 Å². The summed E-state index contributed by atoms with van der Waals surface area (Å²) in [5.41, 5.74) is 6.97. The van der Waals surface area contributed by atoms with Crippen molar-refractivity contribution in [1.82, 2.24) is 10.2 Å².